The summed E-state index contributed by atoms with van der Waals surface area (Å²) in [5, 5.41) is 0. The van der Waals surface area contributed by atoms with Crippen molar-refractivity contribution in [2.75, 3.05) is 0 Å². The Morgan fingerprint density at radius 2 is 1.71 bits per heavy atom. The molecule has 0 unspecified atom stereocenters. The van der Waals surface area contributed by atoms with Crippen LogP contribution < -0.4 is 4.74 Å². The molecule has 0 radical (unpaired) electrons. The van der Waals surface area contributed by atoms with Gasteiger partial charge in [-0.25, -0.2) is 4.39 Å². The van der Waals surface area contributed by atoms with Crippen molar-refractivity contribution >= 4 is 40.9 Å². The lowest BCUT2D eigenvalue weighted by molar-refractivity contribution is 0.305. The second kappa shape index (κ2) is 11.4. The summed E-state index contributed by atoms with van der Waals surface area (Å²) in [5.41, 5.74) is 1.74. The van der Waals surface area contributed by atoms with Gasteiger partial charge in [-0.05, 0) is 30.2 Å². The van der Waals surface area contributed by atoms with Crippen molar-refractivity contribution < 1.29 is 9.13 Å². The van der Waals surface area contributed by atoms with Crippen LogP contribution >= 0.6 is 34.8 Å². The number of halogens is 4. The van der Waals surface area contributed by atoms with Gasteiger partial charge < -0.3 is 4.74 Å². The van der Waals surface area contributed by atoms with Crippen molar-refractivity contribution in [2.24, 2.45) is 0 Å². The minimum atomic E-state index is -1.04. The minimum Gasteiger partial charge on any atom is -0.488 e. The van der Waals surface area contributed by atoms with E-state index in [9.17, 15) is 4.39 Å². The summed E-state index contributed by atoms with van der Waals surface area (Å²) in [6.07, 6.45) is 2.15. The van der Waals surface area contributed by atoms with Gasteiger partial charge in [0.05, 0.1) is 0 Å². The van der Waals surface area contributed by atoms with Crippen LogP contribution in [0.5, 0.6) is 5.75 Å². The number of benzene rings is 2. The summed E-state index contributed by atoms with van der Waals surface area (Å²) in [6, 6.07) is 14.2. The van der Waals surface area contributed by atoms with Crippen molar-refractivity contribution in [3.05, 3.63) is 72.1 Å². The Kier molecular flexibility index (Phi) is 10.8. The zero-order valence-corrected chi connectivity index (χ0v) is 15.0. The van der Waals surface area contributed by atoms with Gasteiger partial charge in [0.2, 0.25) is 0 Å². The molecule has 0 heterocycles. The zero-order chi connectivity index (χ0) is 17.3. The number of hydrogen-bond donors (Lipinski definition) is 0. The van der Waals surface area contributed by atoms with E-state index < -0.39 is 3.79 Å². The highest BCUT2D eigenvalue weighted by molar-refractivity contribution is 6.67. The van der Waals surface area contributed by atoms with E-state index in [0.717, 1.165) is 5.56 Å². The molecular weight excluding hydrogens is 370 g/mol. The molecule has 2 rings (SSSR count). The Hall–Kier alpha value is -1.22. The minimum absolute atomic E-state index is 0. The van der Waals surface area contributed by atoms with E-state index in [4.69, 9.17) is 39.5 Å². The summed E-state index contributed by atoms with van der Waals surface area (Å²) in [4.78, 5) is 0. The van der Waals surface area contributed by atoms with Crippen LogP contribution in [0.2, 0.25) is 0 Å². The largest absolute Gasteiger partial charge is 0.488 e. The molecule has 0 atom stereocenters. The molecule has 0 saturated heterocycles. The molecule has 1 nitrogen and oxygen atoms in total. The fourth-order valence-electron chi connectivity index (χ4n) is 1.55. The van der Waals surface area contributed by atoms with E-state index in [1.54, 1.807) is 12.1 Å². The lowest BCUT2D eigenvalue weighted by atomic mass is 10.2. The fourth-order valence-corrected chi connectivity index (χ4v) is 1.55. The Morgan fingerprint density at radius 1 is 1.12 bits per heavy atom. The average Bonchev–Trinajstić information content (AvgIpc) is 2.54. The highest BCUT2D eigenvalue weighted by Gasteiger charge is 2.14. The first-order valence-electron chi connectivity index (χ1n) is 7.01. The van der Waals surface area contributed by atoms with Gasteiger partial charge in [0.1, 0.15) is 18.2 Å². The third-order valence-electron chi connectivity index (χ3n) is 2.83. The lowest BCUT2D eigenvalue weighted by Crippen LogP contribution is -1.97. The van der Waals surface area contributed by atoms with E-state index in [1.807, 2.05) is 37.3 Å². The molecule has 0 aliphatic heterocycles. The summed E-state index contributed by atoms with van der Waals surface area (Å²) in [5.74, 6) is 0.359. The number of hydrogen-bond acceptors (Lipinski definition) is 1. The smallest absolute Gasteiger partial charge is 0.190 e. The van der Waals surface area contributed by atoms with Crippen LogP contribution in [0.15, 0.2) is 55.1 Å². The molecule has 0 fully saturated rings. The monoisotopic (exact) mass is 390 g/mol. The Labute approximate surface area is 159 Å². The first kappa shape index (κ1) is 22.8. The van der Waals surface area contributed by atoms with Gasteiger partial charge in [0.15, 0.2) is 3.79 Å². The number of rotatable bonds is 4. The van der Waals surface area contributed by atoms with Gasteiger partial charge in [0.25, 0.3) is 0 Å². The van der Waals surface area contributed by atoms with E-state index in [0.29, 0.717) is 24.3 Å². The maximum atomic E-state index is 13.0. The molecule has 0 N–H and O–H groups in total. The summed E-state index contributed by atoms with van der Waals surface area (Å²) < 4.78 is 17.6. The van der Waals surface area contributed by atoms with Crippen LogP contribution in [-0.4, -0.2) is 3.79 Å². The van der Waals surface area contributed by atoms with E-state index in [1.165, 1.54) is 12.1 Å². The maximum Gasteiger partial charge on any atom is 0.190 e. The number of alkyl halides is 3. The lowest BCUT2D eigenvalue weighted by Gasteiger charge is -2.09. The van der Waals surface area contributed by atoms with Crippen molar-refractivity contribution in [2.45, 2.75) is 31.2 Å². The van der Waals surface area contributed by atoms with Crippen molar-refractivity contribution in [3.63, 3.8) is 0 Å². The molecule has 0 spiro atoms. The van der Waals surface area contributed by atoms with Crippen molar-refractivity contribution in [3.8, 4) is 5.75 Å². The molecule has 132 valence electrons. The Bertz CT molecular complexity index is 610. The van der Waals surface area contributed by atoms with Crippen molar-refractivity contribution in [1.29, 1.82) is 0 Å². The van der Waals surface area contributed by atoms with Crippen LogP contribution in [0, 0.1) is 5.82 Å². The van der Waals surface area contributed by atoms with E-state index >= 15 is 0 Å². The first-order chi connectivity index (χ1) is 10.9. The van der Waals surface area contributed by atoms with Gasteiger partial charge >= 0.3 is 0 Å². The molecular formula is C19H22Cl3FO. The zero-order valence-electron chi connectivity index (χ0n) is 12.7. The van der Waals surface area contributed by atoms with Crippen LogP contribution in [0.25, 0.3) is 6.08 Å². The van der Waals surface area contributed by atoms with E-state index in [2.05, 4.69) is 6.58 Å². The molecule has 5 heteroatoms. The fraction of sp³-hybridized carbons (Fsp3) is 0.263. The predicted molar refractivity (Wildman–Crippen MR) is 105 cm³/mol. The van der Waals surface area contributed by atoms with Gasteiger partial charge in [-0.1, -0.05) is 92.1 Å². The molecule has 0 aliphatic carbocycles. The van der Waals surface area contributed by atoms with Gasteiger partial charge in [-0.2, -0.15) is 0 Å². The van der Waals surface area contributed by atoms with Gasteiger partial charge in [-0.3, -0.25) is 0 Å². The SMILES string of the molecule is C.C=Cc1cc(F)ccc1OCc1ccccc1.CCC(Cl)(Cl)Cl. The van der Waals surface area contributed by atoms with Gasteiger partial charge in [0, 0.05) is 5.56 Å². The second-order valence-corrected chi connectivity index (χ2v) is 7.15. The molecule has 0 bridgehead atoms. The average molecular weight is 392 g/mol. The highest BCUT2D eigenvalue weighted by Crippen LogP contribution is 2.28. The second-order valence-electron chi connectivity index (χ2n) is 4.63. The summed E-state index contributed by atoms with van der Waals surface area (Å²) >= 11 is 15.7. The summed E-state index contributed by atoms with van der Waals surface area (Å²) in [6.45, 7) is 5.92. The van der Waals surface area contributed by atoms with Crippen LogP contribution in [0.1, 0.15) is 31.9 Å². The standard InChI is InChI=1S/C15H13FO.C3H5Cl3.CH4/c1-2-13-10-14(16)8-9-15(13)17-11-12-6-4-3-5-7-12;1-2-3(4,5)6;/h2-10H,1,11H2;2H2,1H3;1H4. The van der Waals surface area contributed by atoms with Crippen LogP contribution in [0.4, 0.5) is 4.39 Å². The van der Waals surface area contributed by atoms with E-state index in [-0.39, 0.29) is 13.2 Å². The highest BCUT2D eigenvalue weighted by atomic mass is 35.6. The van der Waals surface area contributed by atoms with Crippen LogP contribution in [0.3, 0.4) is 0 Å². The first-order valence-corrected chi connectivity index (χ1v) is 8.14. The molecule has 24 heavy (non-hydrogen) atoms. The predicted octanol–water partition coefficient (Wildman–Crippen LogP) is 7.45. The quantitative estimate of drug-likeness (QED) is 0.492. The molecule has 0 aliphatic rings. The molecule has 2 aromatic rings. The van der Waals surface area contributed by atoms with Crippen molar-refractivity contribution in [1.82, 2.24) is 0 Å². The molecule has 0 amide bonds. The maximum absolute atomic E-state index is 13.0. The molecule has 0 aromatic heterocycles. The molecule has 0 saturated carbocycles. The molecule has 2 aromatic carbocycles. The topological polar surface area (TPSA) is 9.23 Å². The summed E-state index contributed by atoms with van der Waals surface area (Å²) in [7, 11) is 0. The third-order valence-corrected chi connectivity index (χ3v) is 3.63. The van der Waals surface area contributed by atoms with Crippen LogP contribution in [-0.2, 0) is 6.61 Å². The number of ether oxygens (including phenoxy) is 1. The normalized spacial score (nSPS) is 10.0. The Morgan fingerprint density at radius 3 is 2.21 bits per heavy atom. The Balaban J connectivity index is 0.000000655. The third kappa shape index (κ3) is 9.17. The van der Waals surface area contributed by atoms with Gasteiger partial charge in [-0.15, -0.1) is 0 Å².